The molecule has 2 aromatic carbocycles. The molecule has 1 saturated heterocycles. The first-order valence-electron chi connectivity index (χ1n) is 19.1. The number of aliphatic hydroxyl groups is 1. The van der Waals surface area contributed by atoms with Crippen LogP contribution in [0.2, 0.25) is 0 Å². The van der Waals surface area contributed by atoms with E-state index < -0.39 is 74.0 Å². The first kappa shape index (κ1) is 44.5. The van der Waals surface area contributed by atoms with Crippen molar-refractivity contribution in [3.63, 3.8) is 0 Å². The average Bonchev–Trinajstić information content (AvgIpc) is 3.76. The van der Waals surface area contributed by atoms with Crippen LogP contribution in [0.3, 0.4) is 0 Å². The Morgan fingerprint density at radius 3 is 2.34 bits per heavy atom. The first-order chi connectivity index (χ1) is 28.0. The monoisotopic (exact) mass is 835 g/mol. The Hall–Kier alpha value is -5.57. The number of nitriles is 1. The van der Waals surface area contributed by atoms with Crippen molar-refractivity contribution >= 4 is 37.1 Å². The lowest BCUT2D eigenvalue weighted by atomic mass is 9.92. The third-order valence-corrected chi connectivity index (χ3v) is 11.1. The topological polar surface area (TPSA) is 248 Å². The van der Waals surface area contributed by atoms with Crippen LogP contribution in [0.1, 0.15) is 71.7 Å². The largest absolute Gasteiger partial charge is 0.464 e. The third-order valence-electron chi connectivity index (χ3n) is 9.44. The molecule has 18 nitrogen and oxygen atoms in total. The molecule has 0 aliphatic carbocycles. The van der Waals surface area contributed by atoms with Crippen LogP contribution >= 0.6 is 7.75 Å². The molecule has 0 spiro atoms. The summed E-state index contributed by atoms with van der Waals surface area (Å²) in [5, 5.41) is 32.2. The molecule has 1 aliphatic rings. The van der Waals surface area contributed by atoms with Gasteiger partial charge in [0.2, 0.25) is 5.60 Å². The molecule has 0 saturated carbocycles. The number of benzene rings is 2. The van der Waals surface area contributed by atoms with Gasteiger partial charge in [-0.25, -0.2) is 23.7 Å². The van der Waals surface area contributed by atoms with Crippen LogP contribution in [0.4, 0.5) is 10.6 Å². The van der Waals surface area contributed by atoms with E-state index >= 15 is 0 Å². The minimum Gasteiger partial charge on any atom is -0.464 e. The van der Waals surface area contributed by atoms with Crippen LogP contribution in [0.5, 0.6) is 5.75 Å². The van der Waals surface area contributed by atoms with E-state index in [-0.39, 0.29) is 35.3 Å². The van der Waals surface area contributed by atoms with Gasteiger partial charge in [0.25, 0.3) is 0 Å². The minimum absolute atomic E-state index is 0.0117. The van der Waals surface area contributed by atoms with Crippen LogP contribution in [-0.2, 0) is 43.2 Å². The molecule has 0 unspecified atom stereocenters. The number of hydrogen-bond acceptors (Lipinski definition) is 15. The predicted molar refractivity (Wildman–Crippen MR) is 212 cm³/mol. The van der Waals surface area contributed by atoms with Crippen LogP contribution in [0, 0.1) is 17.2 Å². The molecule has 5 N–H and O–H groups in total. The van der Waals surface area contributed by atoms with Crippen molar-refractivity contribution in [3.8, 4) is 11.8 Å². The van der Waals surface area contributed by atoms with Gasteiger partial charge in [0.1, 0.15) is 47.5 Å². The number of para-hydroxylation sites is 1. The lowest BCUT2D eigenvalue weighted by Crippen LogP contribution is -2.45. The number of carbonyl (C=O) groups is 3. The minimum atomic E-state index is -4.56. The fraction of sp³-hybridized carbons (Fsp3) is 0.450. The number of carbonyl (C=O) groups excluding carboxylic acids is 3. The Kier molecular flexibility index (Phi) is 14.3. The highest BCUT2D eigenvalue weighted by molar-refractivity contribution is 7.52. The van der Waals surface area contributed by atoms with Crippen molar-refractivity contribution in [2.45, 2.75) is 96.0 Å². The number of nitrogens with one attached hydrogen (secondary N) is 2. The van der Waals surface area contributed by atoms with Gasteiger partial charge in [-0.1, -0.05) is 75.2 Å². The predicted octanol–water partition coefficient (Wildman–Crippen LogP) is 5.13. The van der Waals surface area contributed by atoms with Crippen LogP contribution in [0.25, 0.3) is 5.52 Å². The van der Waals surface area contributed by atoms with Crippen molar-refractivity contribution < 1.29 is 52.1 Å². The molecule has 4 aromatic rings. The summed E-state index contributed by atoms with van der Waals surface area (Å²) in [6, 6.07) is 18.4. The standard InChI is InChI=1S/C40H50N7O11P/c1-7-26(8-2)21-53-36(49)25(3)46-59(52,58-28-17-13-10-14-18-28)54-22-30-33(34(48)40(23-41,56-30)31-20-19-29-35(42)43-24-44-47(29)31)55-37(50)32(27-15-11-9-12-16-27)45-38(51)57-39(4,5)6/h9-20,24-26,30,32-34,48H,7-8,21-22H2,1-6H3,(H,45,51)(H,46,52)(H2,42,43,44)/t25-,30+,32+,33+,34+,40-,59-/m0/s1. The number of aromatic nitrogens is 3. The van der Waals surface area contributed by atoms with Crippen molar-refractivity contribution in [3.05, 3.63) is 90.4 Å². The fourth-order valence-electron chi connectivity index (χ4n) is 6.25. The van der Waals surface area contributed by atoms with Crippen molar-refractivity contribution in [1.29, 1.82) is 5.26 Å². The van der Waals surface area contributed by atoms with Gasteiger partial charge in [-0.2, -0.15) is 15.4 Å². The fourth-order valence-corrected chi connectivity index (χ4v) is 7.75. The van der Waals surface area contributed by atoms with Gasteiger partial charge in [-0.05, 0) is 63.4 Å². The summed E-state index contributed by atoms with van der Waals surface area (Å²) in [6.45, 7) is 9.74. The maximum Gasteiger partial charge on any atom is 0.459 e. The van der Waals surface area contributed by atoms with Gasteiger partial charge in [-0.15, -0.1) is 0 Å². The summed E-state index contributed by atoms with van der Waals surface area (Å²) in [6.07, 6.45) is -3.46. The van der Waals surface area contributed by atoms with E-state index in [0.717, 1.165) is 19.2 Å². The Morgan fingerprint density at radius 1 is 1.05 bits per heavy atom. The molecule has 1 amide bonds. The number of rotatable bonds is 17. The van der Waals surface area contributed by atoms with E-state index in [2.05, 4.69) is 20.5 Å². The number of anilines is 1. The molecule has 2 aromatic heterocycles. The van der Waals surface area contributed by atoms with E-state index in [9.17, 15) is 29.3 Å². The maximum absolute atomic E-state index is 14.6. The summed E-state index contributed by atoms with van der Waals surface area (Å²) in [5.74, 6) is -1.49. The summed E-state index contributed by atoms with van der Waals surface area (Å²) in [7, 11) is -4.56. The Morgan fingerprint density at radius 2 is 1.71 bits per heavy atom. The molecular weight excluding hydrogens is 785 g/mol. The lowest BCUT2D eigenvalue weighted by molar-refractivity contribution is -0.159. The van der Waals surface area contributed by atoms with E-state index in [1.54, 1.807) is 69.3 Å². The highest BCUT2D eigenvalue weighted by atomic mass is 31.2. The quantitative estimate of drug-likeness (QED) is 0.0612. The Bertz CT molecular complexity index is 2160. The highest BCUT2D eigenvalue weighted by Crippen LogP contribution is 2.48. The van der Waals surface area contributed by atoms with Gasteiger partial charge in [0.05, 0.1) is 18.9 Å². The summed E-state index contributed by atoms with van der Waals surface area (Å²) in [5.41, 5.74) is 3.41. The van der Waals surface area contributed by atoms with Gasteiger partial charge >= 0.3 is 25.8 Å². The number of alkyl carbamates (subject to hydrolysis) is 1. The summed E-state index contributed by atoms with van der Waals surface area (Å²) in [4.78, 5) is 44.2. The molecule has 0 radical (unpaired) electrons. The van der Waals surface area contributed by atoms with Gasteiger partial charge in [-0.3, -0.25) is 9.32 Å². The van der Waals surface area contributed by atoms with Crippen LogP contribution in [0.15, 0.2) is 79.1 Å². The third kappa shape index (κ3) is 10.7. The number of fused-ring (bicyclic) bond motifs is 1. The average molecular weight is 836 g/mol. The van der Waals surface area contributed by atoms with E-state index in [0.29, 0.717) is 5.56 Å². The first-order valence-corrected chi connectivity index (χ1v) is 20.6. The van der Waals surface area contributed by atoms with Crippen molar-refractivity contribution in [2.75, 3.05) is 18.9 Å². The second-order valence-corrected chi connectivity index (χ2v) is 16.6. The zero-order valence-electron chi connectivity index (χ0n) is 33.6. The van der Waals surface area contributed by atoms with E-state index in [1.165, 1.54) is 35.7 Å². The zero-order chi connectivity index (χ0) is 43.0. The normalized spacial score (nSPS) is 21.2. The maximum atomic E-state index is 14.6. The number of esters is 2. The van der Waals surface area contributed by atoms with Gasteiger partial charge in [0, 0.05) is 0 Å². The number of ether oxygens (including phenoxy) is 4. The van der Waals surface area contributed by atoms with Gasteiger partial charge in [0.15, 0.2) is 18.0 Å². The molecule has 1 fully saturated rings. The summed E-state index contributed by atoms with van der Waals surface area (Å²) < 4.78 is 50.7. The molecule has 1 aliphatic heterocycles. The second kappa shape index (κ2) is 19.0. The number of hydrogen-bond donors (Lipinski definition) is 4. The molecule has 3 heterocycles. The Balaban J connectivity index is 1.50. The molecular formula is C40H50N7O11P. The lowest BCUT2D eigenvalue weighted by Gasteiger charge is -2.27. The van der Waals surface area contributed by atoms with Crippen LogP contribution < -0.4 is 20.7 Å². The van der Waals surface area contributed by atoms with Gasteiger partial charge < -0.3 is 39.6 Å². The smallest absolute Gasteiger partial charge is 0.459 e. The molecule has 5 rings (SSSR count). The number of nitrogen functional groups attached to an aromatic ring is 1. The molecule has 59 heavy (non-hydrogen) atoms. The number of aliphatic hydroxyl groups excluding tert-OH is 1. The zero-order valence-corrected chi connectivity index (χ0v) is 34.5. The van der Waals surface area contributed by atoms with E-state index in [1.807, 2.05) is 19.9 Å². The number of nitrogens with zero attached hydrogens (tertiary/aromatic N) is 4. The highest BCUT2D eigenvalue weighted by Gasteiger charge is 2.60. The SMILES string of the molecule is CCC(CC)COC(=O)[C@H](C)N[P@](=O)(OC[C@H]1O[C@@](C#N)(c2ccc3c(N)ncnn23)[C@H](O)[C@@H]1OC(=O)[C@H](NC(=O)OC(C)(C)C)c1ccccc1)Oc1ccccc1. The number of amides is 1. The molecule has 316 valence electrons. The molecule has 7 atom stereocenters. The molecule has 0 bridgehead atoms. The summed E-state index contributed by atoms with van der Waals surface area (Å²) >= 11 is 0. The number of nitrogens with two attached hydrogens (primary N) is 1. The van der Waals surface area contributed by atoms with E-state index in [4.69, 9.17) is 33.7 Å². The molecule has 19 heteroatoms. The Labute approximate surface area is 341 Å². The van der Waals surface area contributed by atoms with Crippen LogP contribution in [-0.4, -0.2) is 80.9 Å². The second-order valence-electron chi connectivity index (χ2n) is 14.9. The van der Waals surface area contributed by atoms with Crippen molar-refractivity contribution in [1.82, 2.24) is 25.0 Å². The van der Waals surface area contributed by atoms with Crippen molar-refractivity contribution in [2.24, 2.45) is 5.92 Å².